The van der Waals surface area contributed by atoms with Crippen LogP contribution in [-0.2, 0) is 9.53 Å². The first-order chi connectivity index (χ1) is 9.49. The Labute approximate surface area is 124 Å². The van der Waals surface area contributed by atoms with Gasteiger partial charge in [-0.3, -0.25) is 9.59 Å². The Hall–Kier alpha value is -1.60. The highest BCUT2D eigenvalue weighted by Crippen LogP contribution is 2.22. The highest BCUT2D eigenvalue weighted by molar-refractivity contribution is 9.10. The van der Waals surface area contributed by atoms with Crippen molar-refractivity contribution in [3.8, 4) is 0 Å². The monoisotopic (exact) mass is 342 g/mol. The first kappa shape index (κ1) is 14.8. The van der Waals surface area contributed by atoms with Crippen LogP contribution in [0.5, 0.6) is 0 Å². The zero-order chi connectivity index (χ0) is 14.7. The van der Waals surface area contributed by atoms with Gasteiger partial charge in [-0.05, 0) is 18.2 Å². The third-order valence-corrected chi connectivity index (χ3v) is 3.64. The molecule has 1 saturated heterocycles. The molecule has 1 heterocycles. The van der Waals surface area contributed by atoms with E-state index in [1.165, 1.54) is 4.90 Å². The van der Waals surface area contributed by atoms with Gasteiger partial charge in [0.2, 0.25) is 0 Å². The number of nitrogens with zero attached hydrogens (tertiary/aromatic N) is 1. The number of carbonyl (C=O) groups is 2. The number of morpholine rings is 1. The van der Waals surface area contributed by atoms with Crippen molar-refractivity contribution in [1.82, 2.24) is 4.90 Å². The molecular weight excluding hydrogens is 328 g/mol. The maximum absolute atomic E-state index is 12.5. The summed E-state index contributed by atoms with van der Waals surface area (Å²) in [6.07, 6.45) is -0.137. The van der Waals surface area contributed by atoms with E-state index in [9.17, 15) is 9.59 Å². The molecule has 1 aliphatic heterocycles. The lowest BCUT2D eigenvalue weighted by atomic mass is 10.1. The molecule has 0 saturated carbocycles. The summed E-state index contributed by atoms with van der Waals surface area (Å²) >= 11 is 3.28. The molecule has 1 aliphatic rings. The van der Waals surface area contributed by atoms with E-state index in [0.29, 0.717) is 24.4 Å². The van der Waals surface area contributed by atoms with Crippen LogP contribution in [0.2, 0.25) is 0 Å². The van der Waals surface area contributed by atoms with Crippen LogP contribution < -0.4 is 5.73 Å². The van der Waals surface area contributed by atoms with Crippen LogP contribution >= 0.6 is 15.9 Å². The van der Waals surface area contributed by atoms with Gasteiger partial charge in [0.15, 0.2) is 0 Å². The molecule has 1 amide bonds. The number of carboxylic acids is 1. The van der Waals surface area contributed by atoms with Gasteiger partial charge in [0.05, 0.1) is 31.2 Å². The number of rotatable bonds is 3. The lowest BCUT2D eigenvalue weighted by Gasteiger charge is -2.35. The number of amides is 1. The lowest BCUT2D eigenvalue weighted by molar-refractivity contribution is -0.139. The lowest BCUT2D eigenvalue weighted by Crippen LogP contribution is -2.49. The van der Waals surface area contributed by atoms with Gasteiger partial charge in [0.1, 0.15) is 0 Å². The summed E-state index contributed by atoms with van der Waals surface area (Å²) < 4.78 is 6.04. The summed E-state index contributed by atoms with van der Waals surface area (Å²) in [5, 5.41) is 8.90. The number of benzene rings is 1. The number of nitrogen functional groups attached to an aromatic ring is 1. The molecule has 1 fully saturated rings. The standard InChI is InChI=1S/C13H15BrN2O4/c14-8-1-2-10(11(15)5-8)13(19)16-3-4-20-7-9(16)6-12(17)18/h1-2,5,9H,3-4,6-7,15H2,(H,17,18). The molecular formula is C13H15BrN2O4. The number of ether oxygens (including phenoxy) is 1. The Balaban J connectivity index is 2.22. The number of carbonyl (C=O) groups excluding carboxylic acids is 1. The quantitative estimate of drug-likeness (QED) is 0.808. The topological polar surface area (TPSA) is 92.9 Å². The van der Waals surface area contributed by atoms with E-state index in [0.717, 1.165) is 4.47 Å². The second kappa shape index (κ2) is 6.23. The molecule has 1 aromatic carbocycles. The summed E-state index contributed by atoms with van der Waals surface area (Å²) in [4.78, 5) is 24.9. The number of nitrogens with two attached hydrogens (primary N) is 1. The molecule has 0 bridgehead atoms. The average Bonchev–Trinajstić information content (AvgIpc) is 2.38. The molecule has 20 heavy (non-hydrogen) atoms. The van der Waals surface area contributed by atoms with E-state index in [2.05, 4.69) is 15.9 Å². The number of carboxylic acid groups (broad SMARTS) is 1. The minimum atomic E-state index is -0.956. The summed E-state index contributed by atoms with van der Waals surface area (Å²) in [7, 11) is 0. The number of aliphatic carboxylic acids is 1. The Morgan fingerprint density at radius 1 is 1.50 bits per heavy atom. The number of anilines is 1. The Morgan fingerprint density at radius 2 is 2.25 bits per heavy atom. The van der Waals surface area contributed by atoms with Crippen molar-refractivity contribution in [3.63, 3.8) is 0 Å². The van der Waals surface area contributed by atoms with Crippen LogP contribution in [0.3, 0.4) is 0 Å². The Morgan fingerprint density at radius 3 is 2.90 bits per heavy atom. The van der Waals surface area contributed by atoms with Gasteiger partial charge in [-0.15, -0.1) is 0 Å². The van der Waals surface area contributed by atoms with Crippen molar-refractivity contribution in [2.45, 2.75) is 12.5 Å². The first-order valence-electron chi connectivity index (χ1n) is 6.14. The summed E-state index contributed by atoms with van der Waals surface area (Å²) in [5.74, 6) is -1.22. The van der Waals surface area contributed by atoms with Crippen LogP contribution in [-0.4, -0.2) is 47.7 Å². The molecule has 3 N–H and O–H groups in total. The summed E-state index contributed by atoms with van der Waals surface area (Å²) in [6, 6.07) is 4.56. The van der Waals surface area contributed by atoms with Crippen LogP contribution in [0.1, 0.15) is 16.8 Å². The maximum atomic E-state index is 12.5. The van der Waals surface area contributed by atoms with Crippen molar-refractivity contribution in [3.05, 3.63) is 28.2 Å². The van der Waals surface area contributed by atoms with Gasteiger partial charge in [-0.1, -0.05) is 15.9 Å². The zero-order valence-electron chi connectivity index (χ0n) is 10.7. The molecule has 1 aromatic rings. The fraction of sp³-hybridized carbons (Fsp3) is 0.385. The number of halogens is 1. The van der Waals surface area contributed by atoms with Gasteiger partial charge < -0.3 is 20.5 Å². The predicted octanol–water partition coefficient (Wildman–Crippen LogP) is 1.35. The smallest absolute Gasteiger partial charge is 0.305 e. The highest BCUT2D eigenvalue weighted by Gasteiger charge is 2.30. The fourth-order valence-electron chi connectivity index (χ4n) is 2.18. The highest BCUT2D eigenvalue weighted by atomic mass is 79.9. The molecule has 0 aliphatic carbocycles. The van der Waals surface area contributed by atoms with Crippen LogP contribution in [0.4, 0.5) is 5.69 Å². The molecule has 1 unspecified atom stereocenters. The number of hydrogen-bond acceptors (Lipinski definition) is 4. The molecule has 1 atom stereocenters. The van der Waals surface area contributed by atoms with E-state index in [4.69, 9.17) is 15.6 Å². The van der Waals surface area contributed by atoms with E-state index < -0.39 is 12.0 Å². The molecule has 0 aromatic heterocycles. The van der Waals surface area contributed by atoms with Crippen LogP contribution in [0.25, 0.3) is 0 Å². The molecule has 108 valence electrons. The molecule has 6 nitrogen and oxygen atoms in total. The van der Waals surface area contributed by atoms with E-state index in [1.54, 1.807) is 18.2 Å². The molecule has 2 rings (SSSR count). The van der Waals surface area contributed by atoms with Gasteiger partial charge >= 0.3 is 5.97 Å². The SMILES string of the molecule is Nc1cc(Br)ccc1C(=O)N1CCOCC1CC(=O)O. The summed E-state index contributed by atoms with van der Waals surface area (Å²) in [6.45, 7) is 0.999. The van der Waals surface area contributed by atoms with Gasteiger partial charge in [0.25, 0.3) is 5.91 Å². The molecule has 0 radical (unpaired) electrons. The maximum Gasteiger partial charge on any atom is 0.305 e. The number of hydrogen-bond donors (Lipinski definition) is 2. The van der Waals surface area contributed by atoms with Crippen molar-refractivity contribution < 1.29 is 19.4 Å². The van der Waals surface area contributed by atoms with Gasteiger partial charge in [0, 0.05) is 16.7 Å². The third-order valence-electron chi connectivity index (χ3n) is 3.14. The van der Waals surface area contributed by atoms with Crippen molar-refractivity contribution in [1.29, 1.82) is 0 Å². The normalized spacial score (nSPS) is 18.9. The van der Waals surface area contributed by atoms with E-state index in [-0.39, 0.29) is 18.9 Å². The fourth-order valence-corrected chi connectivity index (χ4v) is 2.55. The second-order valence-corrected chi connectivity index (χ2v) is 5.47. The second-order valence-electron chi connectivity index (χ2n) is 4.56. The van der Waals surface area contributed by atoms with Crippen LogP contribution in [0, 0.1) is 0 Å². The minimum Gasteiger partial charge on any atom is -0.481 e. The van der Waals surface area contributed by atoms with E-state index >= 15 is 0 Å². The Bertz CT molecular complexity index is 535. The molecule has 7 heteroatoms. The van der Waals surface area contributed by atoms with E-state index in [1.807, 2.05) is 0 Å². The van der Waals surface area contributed by atoms with Crippen LogP contribution in [0.15, 0.2) is 22.7 Å². The summed E-state index contributed by atoms with van der Waals surface area (Å²) in [5.41, 5.74) is 6.60. The van der Waals surface area contributed by atoms with Crippen molar-refractivity contribution >= 4 is 33.5 Å². The minimum absolute atomic E-state index is 0.137. The van der Waals surface area contributed by atoms with Gasteiger partial charge in [-0.25, -0.2) is 0 Å². The zero-order valence-corrected chi connectivity index (χ0v) is 12.3. The third kappa shape index (κ3) is 3.29. The predicted molar refractivity (Wildman–Crippen MR) is 76.5 cm³/mol. The first-order valence-corrected chi connectivity index (χ1v) is 6.94. The Kier molecular flexibility index (Phi) is 4.61. The van der Waals surface area contributed by atoms with Gasteiger partial charge in [-0.2, -0.15) is 0 Å². The average molecular weight is 343 g/mol. The molecule has 0 spiro atoms. The van der Waals surface area contributed by atoms with Crippen molar-refractivity contribution in [2.75, 3.05) is 25.5 Å². The largest absolute Gasteiger partial charge is 0.481 e. The van der Waals surface area contributed by atoms with Crippen molar-refractivity contribution in [2.24, 2.45) is 0 Å².